The zero-order valence-electron chi connectivity index (χ0n) is 14.5. The Morgan fingerprint density at radius 2 is 2.00 bits per heavy atom. The number of aromatic nitrogens is 3. The largest absolute Gasteiger partial charge is 0.360 e. The number of carbonyl (C=O) groups excluding carboxylic acids is 1. The normalized spacial score (nSPS) is 20.9. The second-order valence-corrected chi connectivity index (χ2v) is 7.78. The van der Waals surface area contributed by atoms with Gasteiger partial charge in [0.2, 0.25) is 0 Å². The van der Waals surface area contributed by atoms with Crippen molar-refractivity contribution in [2.75, 3.05) is 24.5 Å². The summed E-state index contributed by atoms with van der Waals surface area (Å²) < 4.78 is 5.32. The van der Waals surface area contributed by atoms with Crippen LogP contribution in [0.1, 0.15) is 54.5 Å². The Hall–Kier alpha value is -2.44. The zero-order chi connectivity index (χ0) is 17.2. The van der Waals surface area contributed by atoms with E-state index in [1.165, 1.54) is 0 Å². The highest BCUT2D eigenvalue weighted by molar-refractivity contribution is 5.93. The first-order chi connectivity index (χ1) is 12.1. The fourth-order valence-electron chi connectivity index (χ4n) is 4.01. The molecule has 130 valence electrons. The van der Waals surface area contributed by atoms with Gasteiger partial charge in [-0.05, 0) is 26.7 Å². The quantitative estimate of drug-likeness (QED) is 0.851. The van der Waals surface area contributed by atoms with Gasteiger partial charge >= 0.3 is 0 Å². The summed E-state index contributed by atoms with van der Waals surface area (Å²) in [7, 11) is 0. The van der Waals surface area contributed by atoms with Gasteiger partial charge in [-0.1, -0.05) is 5.16 Å². The minimum absolute atomic E-state index is 0.0466. The fraction of sp³-hybridized carbons (Fsp3) is 0.556. The molecule has 0 N–H and O–H groups in total. The molecular weight excluding hydrogens is 318 g/mol. The average molecular weight is 339 g/mol. The summed E-state index contributed by atoms with van der Waals surface area (Å²) in [6, 6.07) is 2.17. The third-order valence-corrected chi connectivity index (χ3v) is 5.55. The number of hydrogen-bond acceptors (Lipinski definition) is 6. The van der Waals surface area contributed by atoms with E-state index in [1.54, 1.807) is 12.4 Å². The Morgan fingerprint density at radius 1 is 1.24 bits per heavy atom. The number of likely N-dealkylation sites (tertiary alicyclic amines) is 1. The van der Waals surface area contributed by atoms with Crippen molar-refractivity contribution in [1.82, 2.24) is 20.0 Å². The average Bonchev–Trinajstić information content (AvgIpc) is 3.19. The molecular formula is C18H21N5O2. The number of hydrogen-bond donors (Lipinski definition) is 0. The highest BCUT2D eigenvalue weighted by Crippen LogP contribution is 2.45. The van der Waals surface area contributed by atoms with Gasteiger partial charge in [-0.2, -0.15) is 0 Å². The minimum atomic E-state index is -0.105. The van der Waals surface area contributed by atoms with Crippen molar-refractivity contribution < 1.29 is 9.32 Å². The maximum absolute atomic E-state index is 12.7. The van der Waals surface area contributed by atoms with Crippen LogP contribution in [0.3, 0.4) is 0 Å². The van der Waals surface area contributed by atoms with E-state index in [0.29, 0.717) is 30.7 Å². The van der Waals surface area contributed by atoms with Gasteiger partial charge in [0.1, 0.15) is 5.76 Å². The molecule has 0 aromatic carbocycles. The van der Waals surface area contributed by atoms with E-state index in [0.717, 1.165) is 36.7 Å². The predicted octanol–water partition coefficient (Wildman–Crippen LogP) is 1.96. The van der Waals surface area contributed by atoms with E-state index in [2.05, 4.69) is 33.9 Å². The molecule has 0 radical (unpaired) electrons. The summed E-state index contributed by atoms with van der Waals surface area (Å²) in [6.45, 7) is 6.50. The van der Waals surface area contributed by atoms with Crippen LogP contribution in [0.2, 0.25) is 0 Å². The van der Waals surface area contributed by atoms with Crippen molar-refractivity contribution in [2.24, 2.45) is 0 Å². The van der Waals surface area contributed by atoms with Crippen LogP contribution in [0.25, 0.3) is 0 Å². The van der Waals surface area contributed by atoms with Gasteiger partial charge in [-0.3, -0.25) is 9.78 Å². The summed E-state index contributed by atoms with van der Waals surface area (Å²) in [6.07, 6.45) is 5.75. The van der Waals surface area contributed by atoms with Gasteiger partial charge in [0.25, 0.3) is 5.91 Å². The predicted molar refractivity (Wildman–Crippen MR) is 90.6 cm³/mol. The first-order valence-electron chi connectivity index (χ1n) is 8.91. The van der Waals surface area contributed by atoms with Crippen molar-refractivity contribution in [3.05, 3.63) is 35.6 Å². The Kier molecular flexibility index (Phi) is 2.99. The molecule has 2 aromatic rings. The zero-order valence-corrected chi connectivity index (χ0v) is 14.5. The van der Waals surface area contributed by atoms with Crippen molar-refractivity contribution in [1.29, 1.82) is 0 Å². The van der Waals surface area contributed by atoms with Gasteiger partial charge in [-0.25, -0.2) is 4.98 Å². The van der Waals surface area contributed by atoms with Crippen molar-refractivity contribution in [2.45, 2.75) is 44.1 Å². The fourth-order valence-corrected chi connectivity index (χ4v) is 4.01. The molecule has 1 aliphatic carbocycles. The van der Waals surface area contributed by atoms with E-state index >= 15 is 0 Å². The lowest BCUT2D eigenvalue weighted by molar-refractivity contribution is 0.0405. The molecule has 2 fully saturated rings. The molecule has 0 unspecified atom stereocenters. The molecule has 3 aliphatic rings. The number of carbonyl (C=O) groups is 1. The molecule has 5 rings (SSSR count). The van der Waals surface area contributed by atoms with E-state index in [-0.39, 0.29) is 11.3 Å². The van der Waals surface area contributed by atoms with Crippen LogP contribution < -0.4 is 4.90 Å². The van der Waals surface area contributed by atoms with Crippen LogP contribution in [0.15, 0.2) is 23.0 Å². The van der Waals surface area contributed by atoms with Crippen molar-refractivity contribution >= 4 is 11.7 Å². The molecule has 4 heterocycles. The number of rotatable bonds is 3. The smallest absolute Gasteiger partial charge is 0.276 e. The van der Waals surface area contributed by atoms with Gasteiger partial charge in [0.15, 0.2) is 11.5 Å². The van der Waals surface area contributed by atoms with Crippen molar-refractivity contribution in [3.63, 3.8) is 0 Å². The first kappa shape index (κ1) is 14.9. The van der Waals surface area contributed by atoms with Crippen LogP contribution in [-0.4, -0.2) is 51.6 Å². The molecule has 1 amide bonds. The molecule has 7 heteroatoms. The van der Waals surface area contributed by atoms with Crippen LogP contribution in [0.5, 0.6) is 0 Å². The number of nitrogens with zero attached hydrogens (tertiary/aromatic N) is 5. The maximum Gasteiger partial charge on any atom is 0.276 e. The van der Waals surface area contributed by atoms with Crippen LogP contribution >= 0.6 is 0 Å². The Balaban J connectivity index is 1.36. The Morgan fingerprint density at radius 3 is 2.72 bits per heavy atom. The highest BCUT2D eigenvalue weighted by Gasteiger charge is 2.55. The Labute approximate surface area is 146 Å². The van der Waals surface area contributed by atoms with Gasteiger partial charge < -0.3 is 14.3 Å². The van der Waals surface area contributed by atoms with Crippen LogP contribution in [0.4, 0.5) is 5.82 Å². The lowest BCUT2D eigenvalue weighted by atomic mass is 9.78. The minimum Gasteiger partial charge on any atom is -0.360 e. The molecule has 1 saturated carbocycles. The second kappa shape index (κ2) is 5.03. The third-order valence-electron chi connectivity index (χ3n) is 5.55. The third kappa shape index (κ3) is 2.18. The maximum atomic E-state index is 12.7. The van der Waals surface area contributed by atoms with Crippen LogP contribution in [0, 0.1) is 0 Å². The molecule has 0 bridgehead atoms. The van der Waals surface area contributed by atoms with Gasteiger partial charge in [0, 0.05) is 50.1 Å². The summed E-state index contributed by atoms with van der Waals surface area (Å²) in [4.78, 5) is 26.0. The summed E-state index contributed by atoms with van der Waals surface area (Å²) in [5.74, 6) is 2.23. The van der Waals surface area contributed by atoms with Crippen molar-refractivity contribution in [3.8, 4) is 0 Å². The summed E-state index contributed by atoms with van der Waals surface area (Å²) >= 11 is 0. The Bertz CT molecular complexity index is 835. The van der Waals surface area contributed by atoms with Gasteiger partial charge in [-0.15, -0.1) is 0 Å². The molecule has 2 aliphatic heterocycles. The number of amides is 1. The first-order valence-corrected chi connectivity index (χ1v) is 8.91. The van der Waals surface area contributed by atoms with Gasteiger partial charge in [0.05, 0.1) is 11.1 Å². The molecule has 2 aromatic heterocycles. The van der Waals surface area contributed by atoms with E-state index in [1.807, 2.05) is 11.0 Å². The number of anilines is 1. The molecule has 0 atom stereocenters. The van der Waals surface area contributed by atoms with Crippen LogP contribution in [-0.2, 0) is 5.41 Å². The lowest BCUT2D eigenvalue weighted by Crippen LogP contribution is -2.63. The molecule has 1 saturated heterocycles. The van der Waals surface area contributed by atoms with E-state index in [9.17, 15) is 4.79 Å². The second-order valence-electron chi connectivity index (χ2n) is 7.78. The lowest BCUT2D eigenvalue weighted by Gasteiger charge is -2.47. The van der Waals surface area contributed by atoms with E-state index in [4.69, 9.17) is 4.52 Å². The number of fused-ring (bicyclic) bond motifs is 2. The molecule has 25 heavy (non-hydrogen) atoms. The molecule has 1 spiro atoms. The monoisotopic (exact) mass is 339 g/mol. The summed E-state index contributed by atoms with van der Waals surface area (Å²) in [5.41, 5.74) is 1.34. The SMILES string of the molecule is CC(C)N1CC2(CN(C(=O)c3cc(C4CC4)on3)C2)c2nccnc21. The van der Waals surface area contributed by atoms with E-state index < -0.39 is 0 Å². The summed E-state index contributed by atoms with van der Waals surface area (Å²) in [5, 5.41) is 3.98. The standard InChI is InChI=1S/C18H21N5O2/c1-11(2)23-10-18(15-16(23)20-6-5-19-15)8-22(9-18)17(24)13-7-14(25-21-13)12-3-4-12/h5-7,11-12H,3-4,8-10H2,1-2H3. The molecule has 7 nitrogen and oxygen atoms in total. The topological polar surface area (TPSA) is 75.4 Å². The highest BCUT2D eigenvalue weighted by atomic mass is 16.5.